The van der Waals surface area contributed by atoms with Crippen LogP contribution in [0.2, 0.25) is 5.02 Å². The van der Waals surface area contributed by atoms with E-state index in [9.17, 15) is 9.59 Å². The summed E-state index contributed by atoms with van der Waals surface area (Å²) >= 11 is 6.10. The molecule has 0 bridgehead atoms. The van der Waals surface area contributed by atoms with E-state index in [1.165, 1.54) is 4.90 Å². The number of carbonyl (C=O) groups is 2. The monoisotopic (exact) mass is 306 g/mol. The summed E-state index contributed by atoms with van der Waals surface area (Å²) < 4.78 is 0. The van der Waals surface area contributed by atoms with Gasteiger partial charge in [0.2, 0.25) is 0 Å². The molecule has 6 heteroatoms. The van der Waals surface area contributed by atoms with Gasteiger partial charge in [-0.2, -0.15) is 0 Å². The van der Waals surface area contributed by atoms with Crippen LogP contribution in [-0.4, -0.2) is 40.5 Å². The van der Waals surface area contributed by atoms with E-state index >= 15 is 0 Å². The molecule has 0 unspecified atom stereocenters. The number of hydrogen-bond acceptors (Lipinski definition) is 3. The molecule has 1 amide bonds. The maximum absolute atomic E-state index is 12.4. The molecule has 110 valence electrons. The summed E-state index contributed by atoms with van der Waals surface area (Å²) in [5, 5.41) is 9.90. The Labute approximate surface area is 127 Å². The lowest BCUT2D eigenvalue weighted by Crippen LogP contribution is -2.28. The Balaban J connectivity index is 2.23. The molecule has 0 aliphatic rings. The van der Waals surface area contributed by atoms with Crippen LogP contribution in [0, 0.1) is 0 Å². The molecule has 5 nitrogen and oxygen atoms in total. The SMILES string of the molecule is CN(CCCC(=O)O)C(=O)c1ccc(Cl)c2cccnc12. The third kappa shape index (κ3) is 3.49. The van der Waals surface area contributed by atoms with Gasteiger partial charge in [-0.05, 0) is 30.7 Å². The number of fused-ring (bicyclic) bond motifs is 1. The van der Waals surface area contributed by atoms with Gasteiger partial charge in [0.05, 0.1) is 16.1 Å². The smallest absolute Gasteiger partial charge is 0.303 e. The minimum atomic E-state index is -0.866. The summed E-state index contributed by atoms with van der Waals surface area (Å²) in [6.45, 7) is 0.377. The van der Waals surface area contributed by atoms with Gasteiger partial charge in [-0.25, -0.2) is 0 Å². The quantitative estimate of drug-likeness (QED) is 0.922. The summed E-state index contributed by atoms with van der Waals surface area (Å²) in [6, 6.07) is 6.89. The fourth-order valence-corrected chi connectivity index (χ4v) is 2.30. The molecule has 0 spiro atoms. The lowest BCUT2D eigenvalue weighted by molar-refractivity contribution is -0.137. The number of hydrogen-bond donors (Lipinski definition) is 1. The second kappa shape index (κ2) is 6.54. The third-order valence-electron chi connectivity index (χ3n) is 3.18. The second-order valence-corrected chi connectivity index (χ2v) is 5.13. The molecule has 0 aliphatic heterocycles. The van der Waals surface area contributed by atoms with E-state index in [2.05, 4.69) is 4.98 Å². The Hall–Kier alpha value is -2.14. The average molecular weight is 307 g/mol. The standard InChI is InChI=1S/C15H15ClN2O3/c1-18(9-3-5-13(19)20)15(21)11-6-7-12(16)10-4-2-8-17-14(10)11/h2,4,6-8H,3,5,9H2,1H3,(H,19,20). The van der Waals surface area contributed by atoms with Crippen LogP contribution < -0.4 is 0 Å². The van der Waals surface area contributed by atoms with Crippen LogP contribution >= 0.6 is 11.6 Å². The largest absolute Gasteiger partial charge is 0.481 e. The van der Waals surface area contributed by atoms with Gasteiger partial charge in [-0.1, -0.05) is 11.6 Å². The van der Waals surface area contributed by atoms with Crippen molar-refractivity contribution in [3.8, 4) is 0 Å². The lowest BCUT2D eigenvalue weighted by atomic mass is 10.1. The molecule has 0 saturated heterocycles. The molecule has 2 rings (SSSR count). The zero-order valence-electron chi connectivity index (χ0n) is 11.5. The Morgan fingerprint density at radius 2 is 2.10 bits per heavy atom. The number of pyridine rings is 1. The molecule has 0 fully saturated rings. The number of halogens is 1. The first-order valence-corrected chi connectivity index (χ1v) is 6.89. The van der Waals surface area contributed by atoms with E-state index in [1.54, 1.807) is 31.4 Å². The fraction of sp³-hybridized carbons (Fsp3) is 0.267. The Morgan fingerprint density at radius 1 is 1.33 bits per heavy atom. The topological polar surface area (TPSA) is 70.5 Å². The zero-order valence-corrected chi connectivity index (χ0v) is 12.3. The third-order valence-corrected chi connectivity index (χ3v) is 3.51. The fourth-order valence-electron chi connectivity index (χ4n) is 2.09. The molecule has 1 aromatic heterocycles. The van der Waals surface area contributed by atoms with Crippen molar-refractivity contribution >= 4 is 34.4 Å². The summed E-state index contributed by atoms with van der Waals surface area (Å²) in [6.07, 6.45) is 2.06. The first-order valence-electron chi connectivity index (χ1n) is 6.51. The number of aromatic nitrogens is 1. The van der Waals surface area contributed by atoms with E-state index < -0.39 is 5.97 Å². The van der Waals surface area contributed by atoms with Crippen LogP contribution in [0.1, 0.15) is 23.2 Å². The summed E-state index contributed by atoms with van der Waals surface area (Å²) in [5.74, 6) is -1.06. The number of aliphatic carboxylic acids is 1. The molecule has 0 aliphatic carbocycles. The van der Waals surface area contributed by atoms with Gasteiger partial charge in [0, 0.05) is 31.6 Å². The first kappa shape index (κ1) is 15.3. The lowest BCUT2D eigenvalue weighted by Gasteiger charge is -2.17. The molecule has 0 saturated carbocycles. The summed E-state index contributed by atoms with van der Waals surface area (Å²) in [7, 11) is 1.65. The van der Waals surface area contributed by atoms with Gasteiger partial charge in [-0.3, -0.25) is 14.6 Å². The van der Waals surface area contributed by atoms with Crippen molar-refractivity contribution in [2.45, 2.75) is 12.8 Å². The van der Waals surface area contributed by atoms with Crippen LogP contribution in [0.3, 0.4) is 0 Å². The van der Waals surface area contributed by atoms with Crippen molar-refractivity contribution in [2.75, 3.05) is 13.6 Å². The molecule has 1 heterocycles. The molecule has 0 atom stereocenters. The average Bonchev–Trinajstić information content (AvgIpc) is 2.47. The van der Waals surface area contributed by atoms with E-state index in [1.807, 2.05) is 6.07 Å². The second-order valence-electron chi connectivity index (χ2n) is 4.72. The summed E-state index contributed by atoms with van der Waals surface area (Å²) in [5.41, 5.74) is 1.02. The van der Waals surface area contributed by atoms with Crippen molar-refractivity contribution in [1.29, 1.82) is 0 Å². The van der Waals surface area contributed by atoms with Crippen LogP contribution in [0.25, 0.3) is 10.9 Å². The molecule has 21 heavy (non-hydrogen) atoms. The van der Waals surface area contributed by atoms with Gasteiger partial charge < -0.3 is 10.0 Å². The highest BCUT2D eigenvalue weighted by atomic mass is 35.5. The van der Waals surface area contributed by atoms with Crippen molar-refractivity contribution < 1.29 is 14.7 Å². The Kier molecular flexibility index (Phi) is 4.75. The first-order chi connectivity index (χ1) is 10.0. The van der Waals surface area contributed by atoms with Gasteiger partial charge >= 0.3 is 5.97 Å². The van der Waals surface area contributed by atoms with Crippen LogP contribution in [-0.2, 0) is 4.79 Å². The minimum absolute atomic E-state index is 0.0389. The number of carboxylic acid groups (broad SMARTS) is 1. The highest BCUT2D eigenvalue weighted by Gasteiger charge is 2.16. The van der Waals surface area contributed by atoms with E-state index in [-0.39, 0.29) is 12.3 Å². The number of rotatable bonds is 5. The number of amides is 1. The van der Waals surface area contributed by atoms with E-state index in [0.717, 1.165) is 5.39 Å². The maximum Gasteiger partial charge on any atom is 0.303 e. The predicted molar refractivity (Wildman–Crippen MR) is 80.6 cm³/mol. The highest BCUT2D eigenvalue weighted by molar-refractivity contribution is 6.36. The Bertz CT molecular complexity index is 688. The molecule has 1 N–H and O–H groups in total. The molecular formula is C15H15ClN2O3. The van der Waals surface area contributed by atoms with Crippen LogP contribution in [0.15, 0.2) is 30.5 Å². The zero-order chi connectivity index (χ0) is 15.4. The number of carboxylic acids is 1. The molecule has 1 aromatic carbocycles. The number of carbonyl (C=O) groups excluding carboxylic acids is 1. The van der Waals surface area contributed by atoms with Crippen LogP contribution in [0.4, 0.5) is 0 Å². The van der Waals surface area contributed by atoms with Gasteiger partial charge in [0.15, 0.2) is 0 Å². The predicted octanol–water partition coefficient (Wildman–Crippen LogP) is 2.83. The summed E-state index contributed by atoms with van der Waals surface area (Å²) in [4.78, 5) is 28.7. The Morgan fingerprint density at radius 3 is 2.81 bits per heavy atom. The van der Waals surface area contributed by atoms with Crippen LogP contribution in [0.5, 0.6) is 0 Å². The van der Waals surface area contributed by atoms with Crippen molar-refractivity contribution in [3.63, 3.8) is 0 Å². The minimum Gasteiger partial charge on any atom is -0.481 e. The number of nitrogens with zero attached hydrogens (tertiary/aromatic N) is 2. The van der Waals surface area contributed by atoms with E-state index in [4.69, 9.17) is 16.7 Å². The van der Waals surface area contributed by atoms with Crippen molar-refractivity contribution in [3.05, 3.63) is 41.0 Å². The highest BCUT2D eigenvalue weighted by Crippen LogP contribution is 2.25. The van der Waals surface area contributed by atoms with Crippen molar-refractivity contribution in [1.82, 2.24) is 9.88 Å². The normalized spacial score (nSPS) is 10.6. The van der Waals surface area contributed by atoms with Crippen molar-refractivity contribution in [2.24, 2.45) is 0 Å². The molecule has 2 aromatic rings. The maximum atomic E-state index is 12.4. The van der Waals surface area contributed by atoms with Gasteiger partial charge in [-0.15, -0.1) is 0 Å². The molecular weight excluding hydrogens is 292 g/mol. The van der Waals surface area contributed by atoms with E-state index in [0.29, 0.717) is 29.1 Å². The van der Waals surface area contributed by atoms with Gasteiger partial charge in [0.1, 0.15) is 0 Å². The van der Waals surface area contributed by atoms with Gasteiger partial charge in [0.25, 0.3) is 5.91 Å². The number of benzene rings is 1. The molecule has 0 radical (unpaired) electrons.